The van der Waals surface area contributed by atoms with Crippen LogP contribution in [0.25, 0.3) is 0 Å². The summed E-state index contributed by atoms with van der Waals surface area (Å²) in [7, 11) is 0. The fraction of sp³-hybridized carbons (Fsp3) is 0.818. The highest BCUT2D eigenvalue weighted by Gasteiger charge is 1.99. The monoisotopic (exact) mass is 600 g/mol. The van der Waals surface area contributed by atoms with Gasteiger partial charge in [0.2, 0.25) is 0 Å². The van der Waals surface area contributed by atoms with E-state index < -0.39 is 0 Å². The zero-order valence-electron chi connectivity index (χ0n) is 26.8. The van der Waals surface area contributed by atoms with E-state index in [9.17, 15) is 0 Å². The number of rotatable bonds is 33. The van der Waals surface area contributed by atoms with Crippen LogP contribution < -0.4 is 4.74 Å². The molecule has 0 amide bonds. The average Bonchev–Trinajstić information content (AvgIpc) is 2.99. The van der Waals surface area contributed by atoms with E-state index in [0.29, 0.717) is 106 Å². The molecule has 0 bridgehead atoms. The molecule has 1 aromatic rings. The highest BCUT2D eigenvalue weighted by atomic mass is 16.6. The van der Waals surface area contributed by atoms with Gasteiger partial charge in [0.15, 0.2) is 0 Å². The molecule has 9 heteroatoms. The van der Waals surface area contributed by atoms with Gasteiger partial charge < -0.3 is 42.6 Å². The third-order valence-electron chi connectivity index (χ3n) is 6.15. The van der Waals surface area contributed by atoms with Crippen molar-refractivity contribution in [2.75, 3.05) is 106 Å². The first-order valence-electron chi connectivity index (χ1n) is 16.1. The van der Waals surface area contributed by atoms with Crippen molar-refractivity contribution in [3.8, 4) is 5.75 Å². The van der Waals surface area contributed by atoms with Crippen molar-refractivity contribution in [1.29, 1.82) is 0 Å². The Morgan fingerprint density at radius 2 is 0.833 bits per heavy atom. The lowest BCUT2D eigenvalue weighted by Crippen LogP contribution is -2.15. The summed E-state index contributed by atoms with van der Waals surface area (Å²) in [6.07, 6.45) is 9.35. The van der Waals surface area contributed by atoms with Crippen molar-refractivity contribution in [3.05, 3.63) is 29.8 Å². The summed E-state index contributed by atoms with van der Waals surface area (Å²) < 4.78 is 49.6. The maximum Gasteiger partial charge on any atom is 0.119 e. The molecule has 0 aliphatic rings. The lowest BCUT2D eigenvalue weighted by molar-refractivity contribution is -0.0259. The predicted octanol–water partition coefficient (Wildman–Crippen LogP) is 5.51. The maximum atomic E-state index is 5.76. The van der Waals surface area contributed by atoms with Crippen LogP contribution in [-0.4, -0.2) is 112 Å². The largest absolute Gasteiger partial charge is 0.491 e. The number of ether oxygens (including phenoxy) is 9. The van der Waals surface area contributed by atoms with Crippen molar-refractivity contribution in [2.45, 2.75) is 71.8 Å². The Morgan fingerprint density at radius 3 is 1.26 bits per heavy atom. The Balaban J connectivity index is 1.73. The van der Waals surface area contributed by atoms with E-state index in [0.717, 1.165) is 12.2 Å². The summed E-state index contributed by atoms with van der Waals surface area (Å²) in [5.74, 6) is 0.890. The van der Waals surface area contributed by atoms with E-state index in [1.165, 1.54) is 44.1 Å². The van der Waals surface area contributed by atoms with Crippen LogP contribution in [-0.2, 0) is 44.3 Å². The van der Waals surface area contributed by atoms with Gasteiger partial charge in [-0.2, -0.15) is 0 Å². The highest BCUT2D eigenvalue weighted by Crippen LogP contribution is 2.15. The fourth-order valence-corrected chi connectivity index (χ4v) is 3.84. The van der Waals surface area contributed by atoms with Crippen molar-refractivity contribution < 1.29 is 42.6 Å². The zero-order chi connectivity index (χ0) is 30.2. The van der Waals surface area contributed by atoms with E-state index in [1.807, 2.05) is 13.8 Å². The first kappa shape index (κ1) is 38.7. The number of benzene rings is 1. The summed E-state index contributed by atoms with van der Waals surface area (Å²) in [5, 5.41) is 0. The molecule has 0 saturated carbocycles. The highest BCUT2D eigenvalue weighted by molar-refractivity contribution is 5.27. The molecule has 0 fully saturated rings. The Kier molecular flexibility index (Phi) is 28.7. The number of hydrogen-bond acceptors (Lipinski definition) is 9. The molecular weight excluding hydrogens is 540 g/mol. The van der Waals surface area contributed by atoms with Crippen LogP contribution in [0.4, 0.5) is 0 Å². The second-order valence-corrected chi connectivity index (χ2v) is 10.2. The maximum absolute atomic E-state index is 5.76. The van der Waals surface area contributed by atoms with E-state index in [4.69, 9.17) is 42.6 Å². The van der Waals surface area contributed by atoms with Crippen LogP contribution in [0, 0.1) is 0 Å². The Labute approximate surface area is 255 Å². The van der Waals surface area contributed by atoms with Crippen molar-refractivity contribution in [3.63, 3.8) is 0 Å². The lowest BCUT2D eigenvalue weighted by Gasteiger charge is -2.09. The molecule has 0 radical (unpaired) electrons. The Bertz CT molecular complexity index is 657. The van der Waals surface area contributed by atoms with Crippen LogP contribution in [0.5, 0.6) is 5.75 Å². The minimum absolute atomic E-state index is 0.237. The molecule has 0 N–H and O–H groups in total. The molecule has 246 valence electrons. The van der Waals surface area contributed by atoms with E-state index in [-0.39, 0.29) is 6.10 Å². The van der Waals surface area contributed by atoms with Crippen LogP contribution in [0.2, 0.25) is 0 Å². The number of unbranched alkanes of at least 4 members (excludes halogenated alkanes) is 5. The summed E-state index contributed by atoms with van der Waals surface area (Å²) in [6.45, 7) is 15.0. The van der Waals surface area contributed by atoms with Gasteiger partial charge in [0.05, 0.1) is 105 Å². The topological polar surface area (TPSA) is 83.1 Å². The predicted molar refractivity (Wildman–Crippen MR) is 166 cm³/mol. The van der Waals surface area contributed by atoms with E-state index in [1.54, 1.807) is 0 Å². The zero-order valence-corrected chi connectivity index (χ0v) is 26.8. The molecule has 0 unspecified atom stereocenters. The molecule has 1 rings (SSSR count). The molecule has 1 aromatic carbocycles. The first-order valence-corrected chi connectivity index (χ1v) is 16.1. The van der Waals surface area contributed by atoms with E-state index >= 15 is 0 Å². The standard InChI is InChI=1S/C33H60O9/c1-4-5-6-7-8-9-10-32-11-13-33(14-12-32)42-30-28-40-26-24-38-22-20-36-18-16-34-15-17-35-19-21-37-23-25-39-27-29-41-31(2)3/h11-14,31H,4-10,15-30H2,1-3H3. The smallest absolute Gasteiger partial charge is 0.119 e. The molecule has 9 nitrogen and oxygen atoms in total. The molecule has 0 aliphatic carbocycles. The second-order valence-electron chi connectivity index (χ2n) is 10.2. The average molecular weight is 601 g/mol. The normalized spacial score (nSPS) is 11.5. The lowest BCUT2D eigenvalue weighted by atomic mass is 10.0. The van der Waals surface area contributed by atoms with Gasteiger partial charge in [-0.3, -0.25) is 0 Å². The Morgan fingerprint density at radius 1 is 0.452 bits per heavy atom. The molecule has 0 saturated heterocycles. The summed E-state index contributed by atoms with van der Waals surface area (Å²) in [4.78, 5) is 0. The van der Waals surface area contributed by atoms with Crippen molar-refractivity contribution >= 4 is 0 Å². The van der Waals surface area contributed by atoms with E-state index in [2.05, 4.69) is 31.2 Å². The molecule has 0 heterocycles. The van der Waals surface area contributed by atoms with Gasteiger partial charge in [-0.1, -0.05) is 51.2 Å². The molecular formula is C33H60O9. The summed E-state index contributed by atoms with van der Waals surface area (Å²) in [5.41, 5.74) is 1.38. The fourth-order valence-electron chi connectivity index (χ4n) is 3.84. The summed E-state index contributed by atoms with van der Waals surface area (Å²) >= 11 is 0. The molecule has 0 atom stereocenters. The third-order valence-corrected chi connectivity index (χ3v) is 6.15. The molecule has 0 aromatic heterocycles. The number of aryl methyl sites for hydroxylation is 1. The summed E-state index contributed by atoms with van der Waals surface area (Å²) in [6, 6.07) is 8.44. The van der Waals surface area contributed by atoms with Crippen LogP contribution in [0.1, 0.15) is 64.9 Å². The molecule has 0 aliphatic heterocycles. The first-order chi connectivity index (χ1) is 20.7. The quantitative estimate of drug-likeness (QED) is 0.0970. The van der Waals surface area contributed by atoms with Crippen LogP contribution in [0.3, 0.4) is 0 Å². The van der Waals surface area contributed by atoms with Gasteiger partial charge in [-0.15, -0.1) is 0 Å². The van der Waals surface area contributed by atoms with Gasteiger partial charge in [0.25, 0.3) is 0 Å². The minimum atomic E-state index is 0.237. The van der Waals surface area contributed by atoms with Gasteiger partial charge in [0, 0.05) is 0 Å². The number of hydrogen-bond donors (Lipinski definition) is 0. The SMILES string of the molecule is CCCCCCCCc1ccc(OCCOCCOCCOCCOCCOCCOCCOCCOC(C)C)cc1. The second kappa shape index (κ2) is 31.1. The van der Waals surface area contributed by atoms with Crippen molar-refractivity contribution in [2.24, 2.45) is 0 Å². The third kappa shape index (κ3) is 27.5. The van der Waals surface area contributed by atoms with Crippen LogP contribution in [0.15, 0.2) is 24.3 Å². The van der Waals surface area contributed by atoms with Gasteiger partial charge in [-0.25, -0.2) is 0 Å². The molecule has 42 heavy (non-hydrogen) atoms. The Hall–Kier alpha value is -1.30. The minimum Gasteiger partial charge on any atom is -0.491 e. The van der Waals surface area contributed by atoms with Crippen LogP contribution >= 0.6 is 0 Å². The molecule has 0 spiro atoms. The van der Waals surface area contributed by atoms with Gasteiger partial charge >= 0.3 is 0 Å². The van der Waals surface area contributed by atoms with Crippen molar-refractivity contribution in [1.82, 2.24) is 0 Å². The van der Waals surface area contributed by atoms with Gasteiger partial charge in [0.1, 0.15) is 12.4 Å². The van der Waals surface area contributed by atoms with Gasteiger partial charge in [-0.05, 0) is 44.4 Å².